The van der Waals surface area contributed by atoms with Gasteiger partial charge in [-0.25, -0.2) is 0 Å². The fourth-order valence-corrected chi connectivity index (χ4v) is 2.36. The summed E-state index contributed by atoms with van der Waals surface area (Å²) in [7, 11) is 1.66. The molecule has 0 bridgehead atoms. The molecule has 1 fully saturated rings. The zero-order chi connectivity index (χ0) is 11.9. The van der Waals surface area contributed by atoms with Crippen LogP contribution in [0.4, 0.5) is 0 Å². The Kier molecular flexibility index (Phi) is 2.62. The lowest BCUT2D eigenvalue weighted by Gasteiger charge is -2.10. The Balaban J connectivity index is 2.28. The van der Waals surface area contributed by atoms with Crippen molar-refractivity contribution in [2.45, 2.75) is 26.2 Å². The molecule has 1 aromatic rings. The molecule has 3 nitrogen and oxygen atoms in total. The van der Waals surface area contributed by atoms with Crippen molar-refractivity contribution < 1.29 is 14.6 Å². The van der Waals surface area contributed by atoms with E-state index < -0.39 is 5.97 Å². The quantitative estimate of drug-likeness (QED) is 0.851. The summed E-state index contributed by atoms with van der Waals surface area (Å²) in [6.45, 7) is 3.99. The van der Waals surface area contributed by atoms with Gasteiger partial charge in [-0.2, -0.15) is 0 Å². The summed E-state index contributed by atoms with van der Waals surface area (Å²) in [6, 6.07) is 4.08. The average Bonchev–Trinajstić information content (AvgIpc) is 2.96. The first-order valence-corrected chi connectivity index (χ1v) is 5.42. The highest BCUT2D eigenvalue weighted by Crippen LogP contribution is 2.48. The number of aryl methyl sites for hydroxylation is 2. The fourth-order valence-electron chi connectivity index (χ4n) is 2.36. The van der Waals surface area contributed by atoms with Crippen LogP contribution < -0.4 is 4.74 Å². The molecule has 0 amide bonds. The number of carbonyl (C=O) groups is 1. The molecule has 1 aliphatic rings. The van der Waals surface area contributed by atoms with Gasteiger partial charge in [-0.1, -0.05) is 12.1 Å². The summed E-state index contributed by atoms with van der Waals surface area (Å²) in [5.41, 5.74) is 3.28. The van der Waals surface area contributed by atoms with Crippen molar-refractivity contribution in [1.29, 1.82) is 0 Å². The number of hydrogen-bond donors (Lipinski definition) is 1. The van der Waals surface area contributed by atoms with Crippen molar-refractivity contribution >= 4 is 5.97 Å². The van der Waals surface area contributed by atoms with Gasteiger partial charge in [0.1, 0.15) is 5.75 Å². The maximum absolute atomic E-state index is 10.8. The van der Waals surface area contributed by atoms with Gasteiger partial charge in [-0.15, -0.1) is 0 Å². The molecule has 0 heterocycles. The van der Waals surface area contributed by atoms with E-state index in [1.807, 2.05) is 26.0 Å². The van der Waals surface area contributed by atoms with Crippen molar-refractivity contribution in [3.05, 3.63) is 28.8 Å². The first-order chi connectivity index (χ1) is 7.54. The van der Waals surface area contributed by atoms with Crippen LogP contribution in [0.1, 0.15) is 29.0 Å². The number of carboxylic acid groups (broad SMARTS) is 1. The Morgan fingerprint density at radius 3 is 2.31 bits per heavy atom. The second kappa shape index (κ2) is 3.81. The van der Waals surface area contributed by atoms with E-state index in [-0.39, 0.29) is 11.8 Å². The number of rotatable bonds is 3. The van der Waals surface area contributed by atoms with Crippen LogP contribution >= 0.6 is 0 Å². The average molecular weight is 220 g/mol. The van der Waals surface area contributed by atoms with E-state index in [1.54, 1.807) is 7.11 Å². The van der Waals surface area contributed by atoms with E-state index in [4.69, 9.17) is 9.84 Å². The van der Waals surface area contributed by atoms with Crippen LogP contribution in [0.25, 0.3) is 0 Å². The van der Waals surface area contributed by atoms with Crippen LogP contribution in [0, 0.1) is 19.8 Å². The molecule has 3 heteroatoms. The maximum atomic E-state index is 10.8. The Morgan fingerprint density at radius 2 is 1.94 bits per heavy atom. The van der Waals surface area contributed by atoms with Gasteiger partial charge in [-0.05, 0) is 42.9 Å². The van der Waals surface area contributed by atoms with Crippen molar-refractivity contribution in [3.8, 4) is 5.75 Å². The van der Waals surface area contributed by atoms with Gasteiger partial charge in [0.05, 0.1) is 13.0 Å². The number of carboxylic acids is 1. The summed E-state index contributed by atoms with van der Waals surface area (Å²) in [4.78, 5) is 10.8. The second-order valence-corrected chi connectivity index (χ2v) is 4.47. The van der Waals surface area contributed by atoms with Gasteiger partial charge < -0.3 is 9.84 Å². The van der Waals surface area contributed by atoms with Gasteiger partial charge in [0.2, 0.25) is 0 Å². The third-order valence-corrected chi connectivity index (χ3v) is 3.22. The molecule has 0 spiro atoms. The summed E-state index contributed by atoms with van der Waals surface area (Å²) in [5, 5.41) is 8.90. The van der Waals surface area contributed by atoms with Crippen LogP contribution in [0.5, 0.6) is 5.75 Å². The molecule has 1 aliphatic carbocycles. The molecule has 1 N–H and O–H groups in total. The molecule has 2 atom stereocenters. The number of benzene rings is 1. The van der Waals surface area contributed by atoms with E-state index in [1.165, 1.54) is 0 Å². The highest BCUT2D eigenvalue weighted by molar-refractivity contribution is 5.75. The van der Waals surface area contributed by atoms with Crippen molar-refractivity contribution in [3.63, 3.8) is 0 Å². The number of aliphatic carboxylic acids is 1. The largest absolute Gasteiger partial charge is 0.496 e. The molecular formula is C13H16O3. The summed E-state index contributed by atoms with van der Waals surface area (Å²) < 4.78 is 5.29. The Labute approximate surface area is 95.0 Å². The highest BCUT2D eigenvalue weighted by Gasteiger charge is 2.44. The molecule has 0 saturated heterocycles. The van der Waals surface area contributed by atoms with Crippen LogP contribution in [0.2, 0.25) is 0 Å². The van der Waals surface area contributed by atoms with Gasteiger partial charge >= 0.3 is 5.97 Å². The first kappa shape index (κ1) is 11.0. The minimum atomic E-state index is -0.684. The SMILES string of the molecule is COc1c(C)cc([C@@H]2C[C@H]2C(=O)O)cc1C. The van der Waals surface area contributed by atoms with Gasteiger partial charge in [-0.3, -0.25) is 4.79 Å². The van der Waals surface area contributed by atoms with Crippen LogP contribution in [-0.4, -0.2) is 18.2 Å². The Bertz CT molecular complexity index is 414. The molecule has 1 saturated carbocycles. The molecule has 0 unspecified atom stereocenters. The molecule has 16 heavy (non-hydrogen) atoms. The van der Waals surface area contributed by atoms with Gasteiger partial charge in [0.25, 0.3) is 0 Å². The standard InChI is InChI=1S/C13H16O3/c1-7-4-9(5-8(2)12(7)16-3)10-6-11(10)13(14)15/h4-5,10-11H,6H2,1-3H3,(H,14,15)/t10-,11+/m0/s1. The van der Waals surface area contributed by atoms with Gasteiger partial charge in [0.15, 0.2) is 0 Å². The number of ether oxygens (including phenoxy) is 1. The molecule has 2 rings (SSSR count). The molecular weight excluding hydrogens is 204 g/mol. The van der Waals surface area contributed by atoms with Crippen LogP contribution in [0.15, 0.2) is 12.1 Å². The summed E-state index contributed by atoms with van der Waals surface area (Å²) in [5.74, 6) is 0.223. The molecule has 0 aromatic heterocycles. The fraction of sp³-hybridized carbons (Fsp3) is 0.462. The zero-order valence-electron chi connectivity index (χ0n) is 9.78. The van der Waals surface area contributed by atoms with Crippen molar-refractivity contribution in [2.24, 2.45) is 5.92 Å². The zero-order valence-corrected chi connectivity index (χ0v) is 9.78. The van der Waals surface area contributed by atoms with E-state index >= 15 is 0 Å². The second-order valence-electron chi connectivity index (χ2n) is 4.47. The lowest BCUT2D eigenvalue weighted by atomic mass is 10.0. The van der Waals surface area contributed by atoms with E-state index in [0.717, 1.165) is 28.9 Å². The Morgan fingerprint density at radius 1 is 1.38 bits per heavy atom. The summed E-state index contributed by atoms with van der Waals surface area (Å²) in [6.07, 6.45) is 0.764. The normalized spacial score (nSPS) is 22.9. The number of methoxy groups -OCH3 is 1. The van der Waals surface area contributed by atoms with Crippen LogP contribution in [0.3, 0.4) is 0 Å². The first-order valence-electron chi connectivity index (χ1n) is 5.42. The monoisotopic (exact) mass is 220 g/mol. The molecule has 1 aromatic carbocycles. The minimum absolute atomic E-state index is 0.188. The third-order valence-electron chi connectivity index (χ3n) is 3.22. The van der Waals surface area contributed by atoms with E-state index in [9.17, 15) is 4.79 Å². The van der Waals surface area contributed by atoms with Crippen molar-refractivity contribution in [2.75, 3.05) is 7.11 Å². The predicted octanol–water partition coefficient (Wildman–Crippen LogP) is 2.50. The highest BCUT2D eigenvalue weighted by atomic mass is 16.5. The van der Waals surface area contributed by atoms with E-state index in [2.05, 4.69) is 0 Å². The molecule has 0 radical (unpaired) electrons. The van der Waals surface area contributed by atoms with Crippen molar-refractivity contribution in [1.82, 2.24) is 0 Å². The van der Waals surface area contributed by atoms with E-state index in [0.29, 0.717) is 0 Å². The predicted molar refractivity (Wildman–Crippen MR) is 61.0 cm³/mol. The molecule has 86 valence electrons. The molecule has 0 aliphatic heterocycles. The van der Waals surface area contributed by atoms with Gasteiger partial charge in [0, 0.05) is 0 Å². The lowest BCUT2D eigenvalue weighted by molar-refractivity contribution is -0.138. The minimum Gasteiger partial charge on any atom is -0.496 e. The third kappa shape index (κ3) is 1.77. The maximum Gasteiger partial charge on any atom is 0.307 e. The van der Waals surface area contributed by atoms with Crippen LogP contribution in [-0.2, 0) is 4.79 Å². The summed E-state index contributed by atoms with van der Waals surface area (Å²) >= 11 is 0. The topological polar surface area (TPSA) is 46.5 Å². The number of hydrogen-bond acceptors (Lipinski definition) is 2. The lowest BCUT2D eigenvalue weighted by Crippen LogP contribution is -2.00. The smallest absolute Gasteiger partial charge is 0.307 e. The Hall–Kier alpha value is -1.51.